The number of amides is 2. The number of halogens is 1. The number of methoxy groups -OCH3 is 2. The normalized spacial score (nSPS) is 35.7. The second-order valence-electron chi connectivity index (χ2n) is 20.9. The van der Waals surface area contributed by atoms with Gasteiger partial charge < -0.3 is 57.5 Å². The average molecular weight is 1090 g/mol. The van der Waals surface area contributed by atoms with Gasteiger partial charge >= 0.3 is 87.3 Å². The fourth-order valence-electron chi connectivity index (χ4n) is 11.5. The van der Waals surface area contributed by atoms with Gasteiger partial charge in [-0.15, -0.1) is 0 Å². The molecule has 0 aromatic rings. The second-order valence-corrected chi connectivity index (χ2v) is 21.5. The summed E-state index contributed by atoms with van der Waals surface area (Å²) in [5.41, 5.74) is 1.31. The van der Waals surface area contributed by atoms with Crippen molar-refractivity contribution in [1.29, 1.82) is 0 Å². The molecule has 8 fully saturated rings. The number of epoxide rings is 4. The van der Waals surface area contributed by atoms with E-state index < -0.39 is 20.8 Å². The molecule has 6 heterocycles. The van der Waals surface area contributed by atoms with Gasteiger partial charge in [0, 0.05) is 79.7 Å². The first-order valence-corrected chi connectivity index (χ1v) is 43.0. The van der Waals surface area contributed by atoms with E-state index in [1.165, 1.54) is 74.3 Å². The number of carboxylic acid groups (broad SMARTS) is 1. The molecule has 0 radical (unpaired) electrons. The Bertz CT molecular complexity index is 1880. The van der Waals surface area contributed by atoms with Crippen molar-refractivity contribution >= 4 is 96.2 Å². The Balaban J connectivity index is 0.000000256. The molecular formula is C50H82FK2N4O14P. The summed E-state index contributed by atoms with van der Waals surface area (Å²) >= 11 is 2.50. The zero-order chi connectivity index (χ0) is 51.7. The summed E-state index contributed by atoms with van der Waals surface area (Å²) in [5.74, 6) is -1.20. The Hall–Kier alpha value is 0.273. The molecule has 2 saturated carbocycles. The van der Waals surface area contributed by atoms with Gasteiger partial charge in [0.15, 0.2) is 0 Å². The van der Waals surface area contributed by atoms with Crippen molar-refractivity contribution in [2.75, 3.05) is 99.2 Å². The molecule has 6 saturated heterocycles. The second kappa shape index (κ2) is 28.4. The number of rotatable bonds is 18. The van der Waals surface area contributed by atoms with Gasteiger partial charge in [-0.1, -0.05) is 30.7 Å². The summed E-state index contributed by atoms with van der Waals surface area (Å²) in [6.07, 6.45) is 7.57. The van der Waals surface area contributed by atoms with E-state index >= 15 is 0 Å². The molecule has 0 aromatic heterocycles. The summed E-state index contributed by atoms with van der Waals surface area (Å²) in [5, 5.41) is 8.87. The van der Waals surface area contributed by atoms with Crippen molar-refractivity contribution < 1.29 is 71.1 Å². The number of esters is 1. The SMILES string of the molecule is C.CO[C@@H]1[C@H](OC(=O)N2CCN(CCC(=O)O)CC2)CC[C@]2(CO2)[C@H]1[C@@]1(C)O[C@@H]1CC=C(C)C.CO[C@@H]1[C@H](OC(=O)N2CCN(CCC(=O)OCPF)CC2)CC[C@]2(CO2)[C@H]1[C@@]1(C)O[C@@H]1CC=C(C)C.[K][K]. The third-order valence-electron chi connectivity index (χ3n) is 15.8. The number of piperazine rings is 2. The molecule has 22 heteroatoms. The van der Waals surface area contributed by atoms with Crippen molar-refractivity contribution in [3.05, 3.63) is 23.3 Å². The molecule has 2 spiro atoms. The molecule has 18 nitrogen and oxygen atoms in total. The van der Waals surface area contributed by atoms with Crippen LogP contribution >= 0.6 is 8.89 Å². The molecule has 8 rings (SSSR count). The molecule has 400 valence electrons. The minimum absolute atomic E-state index is 0. The first-order valence-electron chi connectivity index (χ1n) is 25.9. The van der Waals surface area contributed by atoms with Crippen LogP contribution in [0.4, 0.5) is 13.8 Å². The Morgan fingerprint density at radius 2 is 1.08 bits per heavy atom. The molecule has 6 aliphatic heterocycles. The molecule has 1 unspecified atom stereocenters. The van der Waals surface area contributed by atoms with Crippen molar-refractivity contribution in [3.63, 3.8) is 0 Å². The van der Waals surface area contributed by atoms with Crippen molar-refractivity contribution in [1.82, 2.24) is 19.6 Å². The van der Waals surface area contributed by atoms with E-state index in [9.17, 15) is 23.4 Å². The molecule has 8 aliphatic rings. The summed E-state index contributed by atoms with van der Waals surface area (Å²) in [6.45, 7) is 19.7. The van der Waals surface area contributed by atoms with E-state index in [2.05, 4.69) is 63.5 Å². The number of ether oxygens (including phenoxy) is 9. The third kappa shape index (κ3) is 16.2. The molecule has 0 aromatic carbocycles. The van der Waals surface area contributed by atoms with Crippen LogP contribution in [0.25, 0.3) is 0 Å². The Morgan fingerprint density at radius 1 is 0.694 bits per heavy atom. The van der Waals surface area contributed by atoms with E-state index in [0.717, 1.165) is 25.7 Å². The summed E-state index contributed by atoms with van der Waals surface area (Å²) < 4.78 is 65.3. The maximum atomic E-state index is 13.1. The maximum absolute atomic E-state index is 13.1. The van der Waals surface area contributed by atoms with Gasteiger partial charge in [0.05, 0.1) is 50.1 Å². The first-order chi connectivity index (χ1) is 33.9. The Kier molecular flexibility index (Phi) is 24.9. The van der Waals surface area contributed by atoms with Gasteiger partial charge in [-0.25, -0.2) is 13.8 Å². The van der Waals surface area contributed by atoms with E-state index in [0.29, 0.717) is 91.5 Å². The van der Waals surface area contributed by atoms with Crippen LogP contribution in [-0.2, 0) is 52.2 Å². The summed E-state index contributed by atoms with van der Waals surface area (Å²) in [4.78, 5) is 56.0. The number of carbonyl (C=O) groups is 4. The molecule has 2 aliphatic carbocycles. The fourth-order valence-corrected chi connectivity index (χ4v) is 11.8. The number of hydrogen-bond acceptors (Lipinski definition) is 15. The van der Waals surface area contributed by atoms with Gasteiger partial charge in [0.1, 0.15) is 62.1 Å². The Labute approximate surface area is 474 Å². The summed E-state index contributed by atoms with van der Waals surface area (Å²) in [6, 6.07) is 0. The Morgan fingerprint density at radius 3 is 1.42 bits per heavy atom. The molecule has 1 N–H and O–H groups in total. The van der Waals surface area contributed by atoms with Gasteiger partial charge in [-0.3, -0.25) is 19.4 Å². The predicted octanol–water partition coefficient (Wildman–Crippen LogP) is 5.44. The fraction of sp³-hybridized carbons (Fsp3) is 0.840. The minimum atomic E-state index is -0.890. The predicted molar refractivity (Wildman–Crippen MR) is 271 cm³/mol. The van der Waals surface area contributed by atoms with Crippen LogP contribution < -0.4 is 0 Å². The number of carbonyl (C=O) groups excluding carboxylic acids is 3. The van der Waals surface area contributed by atoms with Crippen LogP contribution in [0.15, 0.2) is 23.3 Å². The molecule has 0 bridgehead atoms. The molecule has 72 heavy (non-hydrogen) atoms. The monoisotopic (exact) mass is 1090 g/mol. The van der Waals surface area contributed by atoms with Gasteiger partial charge in [-0.2, -0.15) is 0 Å². The number of carboxylic acids is 1. The summed E-state index contributed by atoms with van der Waals surface area (Å²) in [7, 11) is 2.46. The van der Waals surface area contributed by atoms with E-state index in [1.807, 2.05) is 0 Å². The van der Waals surface area contributed by atoms with Gasteiger partial charge in [-0.05, 0) is 80.1 Å². The zero-order valence-electron chi connectivity index (χ0n) is 44.0. The van der Waals surface area contributed by atoms with E-state index in [4.69, 9.17) is 47.7 Å². The van der Waals surface area contributed by atoms with Crippen molar-refractivity contribution in [2.45, 2.75) is 159 Å². The van der Waals surface area contributed by atoms with Crippen LogP contribution in [0.1, 0.15) is 100 Å². The van der Waals surface area contributed by atoms with Crippen LogP contribution in [-0.4, -0.2) is 270 Å². The topological polar surface area (TPSA) is 198 Å². The molecule has 2 amide bonds. The quantitative estimate of drug-likeness (QED) is 0.0455. The molecule has 13 atom stereocenters. The van der Waals surface area contributed by atoms with Crippen molar-refractivity contribution in [2.24, 2.45) is 11.8 Å². The third-order valence-corrected chi connectivity index (χ3v) is 16.1. The zero-order valence-corrected chi connectivity index (χ0v) is 51.3. The van der Waals surface area contributed by atoms with Crippen molar-refractivity contribution in [3.8, 4) is 0 Å². The van der Waals surface area contributed by atoms with Crippen LogP contribution in [0.3, 0.4) is 0 Å². The van der Waals surface area contributed by atoms with Crippen LogP contribution in [0.2, 0.25) is 0 Å². The standard InChI is InChI=1S/C25H40FN2O7P.C24H38N2O7.CH4.2K/c1-17(2)5-6-19-24(3,35-19)22-21(31-4)18(7-9-25(22)15-33-25)34-23(30)28-13-11-27(12-14-28)10-8-20(29)32-16-36-26;1-16(2)5-6-18-23(3,33-18)21-20(30-4)17(7-9-24(21)15-31-24)32-22(29)26-13-11-25(12-14-26)10-8-19(27)28;;;/h5,18-19,21-22,36H,6-16H2,1-4H3;5,17-18,20-21H,6-15H2,1-4H3,(H,27,28);1H4;;/t18-,19-,21-,22-,24+,25+;17-,18-,20-,21-,23+,24+;;;/m11.../s1. The van der Waals surface area contributed by atoms with Gasteiger partial charge in [0.25, 0.3) is 0 Å². The van der Waals surface area contributed by atoms with Crippen LogP contribution in [0.5, 0.6) is 0 Å². The average Bonchev–Trinajstić information content (AvgIpc) is 4.25. The van der Waals surface area contributed by atoms with Crippen LogP contribution in [0, 0.1) is 11.8 Å². The molecular weight excluding hydrogens is 1010 g/mol. The van der Waals surface area contributed by atoms with E-state index in [1.54, 1.807) is 24.0 Å². The number of nitrogens with zero attached hydrogens (tertiary/aromatic N) is 4. The number of allylic oxidation sites excluding steroid dienone is 2. The number of aliphatic carboxylic acids is 1. The van der Waals surface area contributed by atoms with E-state index in [-0.39, 0.29) is 110 Å². The number of hydrogen-bond donors (Lipinski definition) is 1. The first kappa shape index (κ1) is 63.1. The van der Waals surface area contributed by atoms with Gasteiger partial charge in [0.2, 0.25) is 0 Å².